The summed E-state index contributed by atoms with van der Waals surface area (Å²) in [6, 6.07) is 6.03. The standard InChI is InChI=1S/C26H31ClFN5O5/c1-3-36-23-18(5-4-8-29-23)26(19-15-20(27)21(28)16-22(19)30-24(26)34)37-25(35)38-33-13-11-32(12-14-33)17-6-9-31(2)10-7-17/h4-5,8,15-17H,3,6-7,9-14H2,1-2H3,(H,30,34). The van der Waals surface area contributed by atoms with E-state index in [1.54, 1.807) is 24.1 Å². The van der Waals surface area contributed by atoms with Crippen LogP contribution >= 0.6 is 11.6 Å². The molecule has 1 aromatic carbocycles. The van der Waals surface area contributed by atoms with Crippen molar-refractivity contribution in [2.45, 2.75) is 31.4 Å². The summed E-state index contributed by atoms with van der Waals surface area (Å²) in [5.41, 5.74) is -1.59. The second kappa shape index (κ2) is 11.0. The molecule has 10 nitrogen and oxygen atoms in total. The van der Waals surface area contributed by atoms with Crippen molar-refractivity contribution in [2.75, 3.05) is 58.2 Å². The van der Waals surface area contributed by atoms with Gasteiger partial charge in [0.2, 0.25) is 5.88 Å². The van der Waals surface area contributed by atoms with Crippen LogP contribution in [0.25, 0.3) is 0 Å². The number of hydrogen-bond acceptors (Lipinski definition) is 9. The van der Waals surface area contributed by atoms with E-state index in [0.717, 1.165) is 45.1 Å². The van der Waals surface area contributed by atoms with Crippen LogP contribution in [0.3, 0.4) is 0 Å². The van der Waals surface area contributed by atoms with Crippen LogP contribution in [-0.4, -0.2) is 90.9 Å². The number of piperidine rings is 1. The average Bonchev–Trinajstić information content (AvgIpc) is 3.16. The van der Waals surface area contributed by atoms with Crippen molar-refractivity contribution in [3.63, 3.8) is 0 Å². The van der Waals surface area contributed by atoms with Gasteiger partial charge in [0, 0.05) is 44.0 Å². The predicted octanol–water partition coefficient (Wildman–Crippen LogP) is 3.25. The van der Waals surface area contributed by atoms with Crippen molar-refractivity contribution in [3.8, 4) is 5.88 Å². The lowest BCUT2D eigenvalue weighted by Crippen LogP contribution is -2.53. The first-order chi connectivity index (χ1) is 18.3. The molecule has 0 bridgehead atoms. The molecule has 0 spiro atoms. The number of pyridine rings is 1. The average molecular weight is 548 g/mol. The molecule has 1 amide bonds. The molecule has 1 atom stereocenters. The highest BCUT2D eigenvalue weighted by Crippen LogP contribution is 2.48. The number of halogens is 2. The molecule has 0 aliphatic carbocycles. The molecule has 12 heteroatoms. The molecule has 3 aliphatic heterocycles. The Hall–Kier alpha value is -2.99. The zero-order valence-corrected chi connectivity index (χ0v) is 22.2. The third-order valence-electron chi connectivity index (χ3n) is 7.36. The monoisotopic (exact) mass is 547 g/mol. The largest absolute Gasteiger partial charge is 0.529 e. The molecule has 2 fully saturated rings. The predicted molar refractivity (Wildman–Crippen MR) is 137 cm³/mol. The smallest absolute Gasteiger partial charge is 0.478 e. The molecular formula is C26H31ClFN5O5. The number of ether oxygens (including phenoxy) is 2. The fourth-order valence-corrected chi connectivity index (χ4v) is 5.54. The van der Waals surface area contributed by atoms with E-state index in [2.05, 4.69) is 27.1 Å². The summed E-state index contributed by atoms with van der Waals surface area (Å²) in [5, 5.41) is 3.91. The topological polar surface area (TPSA) is 96.5 Å². The first-order valence-electron chi connectivity index (χ1n) is 12.8. The number of carbonyl (C=O) groups is 2. The summed E-state index contributed by atoms with van der Waals surface area (Å²) in [7, 11) is 2.14. The maximum Gasteiger partial charge on any atom is 0.529 e. The van der Waals surface area contributed by atoms with E-state index in [9.17, 15) is 14.0 Å². The van der Waals surface area contributed by atoms with E-state index in [-0.39, 0.29) is 34.3 Å². The van der Waals surface area contributed by atoms with E-state index in [4.69, 9.17) is 25.9 Å². The number of rotatable bonds is 6. The Balaban J connectivity index is 1.37. The highest BCUT2D eigenvalue weighted by Gasteiger charge is 2.55. The Morgan fingerprint density at radius 3 is 2.63 bits per heavy atom. The molecule has 0 saturated carbocycles. The third-order valence-corrected chi connectivity index (χ3v) is 7.65. The van der Waals surface area contributed by atoms with Crippen molar-refractivity contribution < 1.29 is 28.3 Å². The lowest BCUT2D eigenvalue weighted by Gasteiger charge is -2.41. The highest BCUT2D eigenvalue weighted by molar-refractivity contribution is 6.31. The number of anilines is 1. The quantitative estimate of drug-likeness (QED) is 0.547. The number of fused-ring (bicyclic) bond motifs is 1. The number of nitrogens with one attached hydrogen (secondary N) is 1. The second-order valence-electron chi connectivity index (χ2n) is 9.68. The van der Waals surface area contributed by atoms with Crippen LogP contribution < -0.4 is 10.1 Å². The lowest BCUT2D eigenvalue weighted by atomic mass is 9.87. The third kappa shape index (κ3) is 5.03. The Kier molecular flexibility index (Phi) is 7.71. The molecule has 2 aromatic rings. The van der Waals surface area contributed by atoms with Gasteiger partial charge in [0.25, 0.3) is 11.5 Å². The zero-order valence-electron chi connectivity index (χ0n) is 21.4. The van der Waals surface area contributed by atoms with Crippen LogP contribution in [0.5, 0.6) is 5.88 Å². The van der Waals surface area contributed by atoms with Gasteiger partial charge in [0.15, 0.2) is 0 Å². The van der Waals surface area contributed by atoms with Crippen LogP contribution in [0.1, 0.15) is 30.9 Å². The molecule has 2 saturated heterocycles. The zero-order chi connectivity index (χ0) is 26.9. The van der Waals surface area contributed by atoms with E-state index in [0.29, 0.717) is 19.1 Å². The summed E-state index contributed by atoms with van der Waals surface area (Å²) in [4.78, 5) is 41.2. The minimum Gasteiger partial charge on any atom is -0.478 e. The molecule has 1 aromatic heterocycles. The number of hydrogen-bond donors (Lipinski definition) is 1. The second-order valence-corrected chi connectivity index (χ2v) is 10.1. The van der Waals surface area contributed by atoms with Gasteiger partial charge in [0.1, 0.15) is 5.82 Å². The molecule has 3 aliphatic rings. The summed E-state index contributed by atoms with van der Waals surface area (Å²) < 4.78 is 25.7. The number of piperazine rings is 1. The van der Waals surface area contributed by atoms with Crippen molar-refractivity contribution in [1.29, 1.82) is 0 Å². The van der Waals surface area contributed by atoms with Gasteiger partial charge in [-0.2, -0.15) is 0 Å². The van der Waals surface area contributed by atoms with Gasteiger partial charge < -0.3 is 24.5 Å². The number of hydroxylamine groups is 2. The van der Waals surface area contributed by atoms with Crippen LogP contribution in [0.2, 0.25) is 5.02 Å². The molecule has 204 valence electrons. The summed E-state index contributed by atoms with van der Waals surface area (Å²) in [6.07, 6.45) is 2.66. The van der Waals surface area contributed by atoms with Crippen LogP contribution in [-0.2, 0) is 20.0 Å². The van der Waals surface area contributed by atoms with E-state index in [1.807, 2.05) is 0 Å². The summed E-state index contributed by atoms with van der Waals surface area (Å²) in [6.45, 7) is 6.68. The SMILES string of the molecule is CCOc1ncccc1C1(OC(=O)ON2CCN(C3CCN(C)CC3)CC2)C(=O)Nc2cc(F)c(Cl)cc21. The van der Waals surface area contributed by atoms with Gasteiger partial charge in [-0.15, -0.1) is 5.06 Å². The summed E-state index contributed by atoms with van der Waals surface area (Å²) in [5.74, 6) is -1.34. The Morgan fingerprint density at radius 1 is 1.18 bits per heavy atom. The Bertz CT molecular complexity index is 1200. The number of likely N-dealkylation sites (tertiary alicyclic amines) is 1. The van der Waals surface area contributed by atoms with Crippen LogP contribution in [0.4, 0.5) is 14.9 Å². The molecule has 1 unspecified atom stereocenters. The molecule has 0 radical (unpaired) electrons. The van der Waals surface area contributed by atoms with Crippen LogP contribution in [0, 0.1) is 5.82 Å². The van der Waals surface area contributed by atoms with Crippen molar-refractivity contribution in [3.05, 3.63) is 52.4 Å². The minimum atomic E-state index is -2.04. The fourth-order valence-electron chi connectivity index (χ4n) is 5.38. The van der Waals surface area contributed by atoms with Crippen molar-refractivity contribution in [2.24, 2.45) is 0 Å². The molecule has 38 heavy (non-hydrogen) atoms. The van der Waals surface area contributed by atoms with E-state index in [1.165, 1.54) is 12.3 Å². The maximum atomic E-state index is 14.2. The number of amides is 1. The first-order valence-corrected chi connectivity index (χ1v) is 13.2. The first kappa shape index (κ1) is 26.6. The molecular weight excluding hydrogens is 517 g/mol. The van der Waals surface area contributed by atoms with E-state index >= 15 is 0 Å². The maximum absolute atomic E-state index is 14.2. The molecule has 1 N–H and O–H groups in total. The molecule has 4 heterocycles. The van der Waals surface area contributed by atoms with Gasteiger partial charge in [-0.1, -0.05) is 11.6 Å². The van der Waals surface area contributed by atoms with Gasteiger partial charge in [-0.25, -0.2) is 14.2 Å². The van der Waals surface area contributed by atoms with Gasteiger partial charge in [-0.3, -0.25) is 9.69 Å². The van der Waals surface area contributed by atoms with Gasteiger partial charge >= 0.3 is 6.16 Å². The normalized spacial score (nSPS) is 23.1. The van der Waals surface area contributed by atoms with Crippen molar-refractivity contribution >= 4 is 29.4 Å². The van der Waals surface area contributed by atoms with Gasteiger partial charge in [0.05, 0.1) is 22.9 Å². The number of carbonyl (C=O) groups excluding carboxylic acids is 2. The van der Waals surface area contributed by atoms with Crippen LogP contribution in [0.15, 0.2) is 30.5 Å². The fraction of sp³-hybridized carbons (Fsp3) is 0.500. The summed E-state index contributed by atoms with van der Waals surface area (Å²) >= 11 is 6.09. The van der Waals surface area contributed by atoms with Crippen molar-refractivity contribution in [1.82, 2.24) is 19.8 Å². The van der Waals surface area contributed by atoms with E-state index < -0.39 is 23.5 Å². The number of nitrogens with zero attached hydrogens (tertiary/aromatic N) is 4. The minimum absolute atomic E-state index is 0.0954. The highest BCUT2D eigenvalue weighted by atomic mass is 35.5. The Morgan fingerprint density at radius 2 is 1.92 bits per heavy atom. The molecule has 5 rings (SSSR count). The van der Waals surface area contributed by atoms with Gasteiger partial charge in [-0.05, 0) is 64.2 Å². The lowest BCUT2D eigenvalue weighted by molar-refractivity contribution is -0.167. The number of benzene rings is 1. The number of aromatic nitrogens is 1. The Labute approximate surface area is 225 Å².